The fourth-order valence-electron chi connectivity index (χ4n) is 1.72. The standard InChI is InChI=1S/C14H15BrN2O3/c1-2-19-14(18)7-10-5-3-4-6-12(10)20-9-11-8-13(15)17-16-11/h3-6,8H,2,7,9H2,1H3,(H,16,17). The van der Waals surface area contributed by atoms with E-state index in [1.54, 1.807) is 6.92 Å². The van der Waals surface area contributed by atoms with E-state index in [1.165, 1.54) is 0 Å². The van der Waals surface area contributed by atoms with E-state index in [0.717, 1.165) is 15.9 Å². The van der Waals surface area contributed by atoms with Gasteiger partial charge in [-0.05, 0) is 35.0 Å². The summed E-state index contributed by atoms with van der Waals surface area (Å²) in [5.74, 6) is 0.416. The van der Waals surface area contributed by atoms with Gasteiger partial charge in [0, 0.05) is 5.56 Å². The molecular weight excluding hydrogens is 324 g/mol. The number of carbonyl (C=O) groups excluding carboxylic acids is 1. The number of H-pyrrole nitrogens is 1. The number of aromatic amines is 1. The third-order valence-electron chi connectivity index (χ3n) is 2.60. The molecule has 0 saturated heterocycles. The Morgan fingerprint density at radius 3 is 2.90 bits per heavy atom. The summed E-state index contributed by atoms with van der Waals surface area (Å²) < 4.78 is 11.4. The van der Waals surface area contributed by atoms with Crippen molar-refractivity contribution in [2.75, 3.05) is 6.61 Å². The molecule has 0 spiro atoms. The maximum atomic E-state index is 11.5. The van der Waals surface area contributed by atoms with Gasteiger partial charge >= 0.3 is 5.97 Å². The molecular formula is C14H15BrN2O3. The van der Waals surface area contributed by atoms with E-state index in [0.29, 0.717) is 19.0 Å². The Labute approximate surface area is 125 Å². The molecule has 0 bridgehead atoms. The molecule has 0 saturated carbocycles. The van der Waals surface area contributed by atoms with Gasteiger partial charge < -0.3 is 9.47 Å². The van der Waals surface area contributed by atoms with Crippen molar-refractivity contribution in [3.63, 3.8) is 0 Å². The first-order chi connectivity index (χ1) is 9.69. The Kier molecular flexibility index (Phi) is 5.17. The lowest BCUT2D eigenvalue weighted by atomic mass is 10.1. The van der Waals surface area contributed by atoms with Crippen LogP contribution in [-0.4, -0.2) is 22.8 Å². The van der Waals surface area contributed by atoms with Crippen LogP contribution in [0.4, 0.5) is 0 Å². The molecule has 1 aromatic heterocycles. The quantitative estimate of drug-likeness (QED) is 0.822. The van der Waals surface area contributed by atoms with E-state index >= 15 is 0 Å². The van der Waals surface area contributed by atoms with Gasteiger partial charge in [-0.3, -0.25) is 9.89 Å². The molecule has 1 aromatic carbocycles. The van der Waals surface area contributed by atoms with Crippen molar-refractivity contribution >= 4 is 21.9 Å². The molecule has 106 valence electrons. The van der Waals surface area contributed by atoms with Gasteiger partial charge in [-0.2, -0.15) is 5.10 Å². The Bertz CT molecular complexity index is 583. The number of ether oxygens (including phenoxy) is 2. The number of carbonyl (C=O) groups is 1. The number of benzene rings is 1. The first kappa shape index (κ1) is 14.6. The lowest BCUT2D eigenvalue weighted by Crippen LogP contribution is -2.09. The average molecular weight is 339 g/mol. The van der Waals surface area contributed by atoms with Crippen LogP contribution in [0.2, 0.25) is 0 Å². The van der Waals surface area contributed by atoms with Crippen molar-refractivity contribution < 1.29 is 14.3 Å². The largest absolute Gasteiger partial charge is 0.487 e. The topological polar surface area (TPSA) is 64.2 Å². The van der Waals surface area contributed by atoms with Gasteiger partial charge in [-0.15, -0.1) is 0 Å². The molecule has 20 heavy (non-hydrogen) atoms. The zero-order valence-corrected chi connectivity index (χ0v) is 12.6. The second-order valence-electron chi connectivity index (χ2n) is 4.09. The summed E-state index contributed by atoms with van der Waals surface area (Å²) >= 11 is 3.26. The molecule has 2 rings (SSSR count). The Hall–Kier alpha value is -1.82. The zero-order chi connectivity index (χ0) is 14.4. The minimum Gasteiger partial charge on any atom is -0.487 e. The molecule has 0 aliphatic rings. The van der Waals surface area contributed by atoms with Gasteiger partial charge in [-0.25, -0.2) is 0 Å². The highest BCUT2D eigenvalue weighted by molar-refractivity contribution is 9.10. The highest BCUT2D eigenvalue weighted by Crippen LogP contribution is 2.20. The van der Waals surface area contributed by atoms with Crippen molar-refractivity contribution in [3.05, 3.63) is 46.2 Å². The number of halogens is 1. The molecule has 6 heteroatoms. The van der Waals surface area contributed by atoms with Gasteiger partial charge in [0.15, 0.2) is 0 Å². The van der Waals surface area contributed by atoms with E-state index in [2.05, 4.69) is 26.1 Å². The van der Waals surface area contributed by atoms with Crippen LogP contribution in [0.25, 0.3) is 0 Å². The first-order valence-corrected chi connectivity index (χ1v) is 7.04. The number of aromatic nitrogens is 2. The van der Waals surface area contributed by atoms with Gasteiger partial charge in [0.25, 0.3) is 0 Å². The van der Waals surface area contributed by atoms with Gasteiger partial charge in [0.2, 0.25) is 0 Å². The van der Waals surface area contributed by atoms with Crippen molar-refractivity contribution in [2.45, 2.75) is 20.0 Å². The normalized spacial score (nSPS) is 10.3. The molecule has 2 aromatic rings. The molecule has 0 atom stereocenters. The van der Waals surface area contributed by atoms with E-state index in [1.807, 2.05) is 30.3 Å². The Morgan fingerprint density at radius 1 is 1.40 bits per heavy atom. The molecule has 0 aliphatic heterocycles. The number of hydrogen-bond acceptors (Lipinski definition) is 4. The number of nitrogens with zero attached hydrogens (tertiary/aromatic N) is 1. The van der Waals surface area contributed by atoms with E-state index in [9.17, 15) is 4.79 Å². The summed E-state index contributed by atoms with van der Waals surface area (Å²) in [6.07, 6.45) is 0.205. The SMILES string of the molecule is CCOC(=O)Cc1ccccc1OCc1cc(Br)n[nH]1. The molecule has 0 aliphatic carbocycles. The predicted octanol–water partition coefficient (Wildman–Crippen LogP) is 2.86. The van der Waals surface area contributed by atoms with Crippen molar-refractivity contribution in [2.24, 2.45) is 0 Å². The third kappa shape index (κ3) is 4.09. The number of rotatable bonds is 6. The summed E-state index contributed by atoms with van der Waals surface area (Å²) in [5, 5.41) is 6.80. The summed E-state index contributed by atoms with van der Waals surface area (Å²) in [5.41, 5.74) is 1.66. The highest BCUT2D eigenvalue weighted by atomic mass is 79.9. The van der Waals surface area contributed by atoms with Crippen LogP contribution in [0.15, 0.2) is 34.9 Å². The van der Waals surface area contributed by atoms with Gasteiger partial charge in [0.05, 0.1) is 18.7 Å². The van der Waals surface area contributed by atoms with Crippen LogP contribution in [-0.2, 0) is 22.6 Å². The molecule has 5 nitrogen and oxygen atoms in total. The second kappa shape index (κ2) is 7.09. The number of esters is 1. The van der Waals surface area contributed by atoms with Crippen molar-refractivity contribution in [1.82, 2.24) is 10.2 Å². The molecule has 0 unspecified atom stereocenters. The monoisotopic (exact) mass is 338 g/mol. The maximum absolute atomic E-state index is 11.5. The van der Waals surface area contributed by atoms with Crippen LogP contribution in [0.3, 0.4) is 0 Å². The summed E-state index contributed by atoms with van der Waals surface area (Å²) in [7, 11) is 0. The molecule has 1 heterocycles. The van der Waals surface area contributed by atoms with Crippen molar-refractivity contribution in [3.8, 4) is 5.75 Å². The maximum Gasteiger partial charge on any atom is 0.310 e. The Morgan fingerprint density at radius 2 is 2.20 bits per heavy atom. The zero-order valence-electron chi connectivity index (χ0n) is 11.1. The molecule has 0 radical (unpaired) electrons. The van der Waals surface area contributed by atoms with E-state index < -0.39 is 0 Å². The average Bonchev–Trinajstić information content (AvgIpc) is 2.84. The Balaban J connectivity index is 2.02. The smallest absolute Gasteiger partial charge is 0.310 e. The van der Waals surface area contributed by atoms with Crippen LogP contribution in [0, 0.1) is 0 Å². The van der Waals surface area contributed by atoms with Gasteiger partial charge in [0.1, 0.15) is 17.0 Å². The molecule has 0 amide bonds. The minimum absolute atomic E-state index is 0.205. The number of hydrogen-bond donors (Lipinski definition) is 1. The fourth-order valence-corrected chi connectivity index (χ4v) is 2.09. The van der Waals surface area contributed by atoms with Crippen LogP contribution in [0.1, 0.15) is 18.2 Å². The minimum atomic E-state index is -0.257. The summed E-state index contributed by atoms with van der Waals surface area (Å²) in [6.45, 7) is 2.53. The lowest BCUT2D eigenvalue weighted by Gasteiger charge is -2.10. The second-order valence-corrected chi connectivity index (χ2v) is 4.91. The number of para-hydroxylation sites is 1. The first-order valence-electron chi connectivity index (χ1n) is 6.25. The van der Waals surface area contributed by atoms with E-state index in [4.69, 9.17) is 9.47 Å². The predicted molar refractivity (Wildman–Crippen MR) is 77.4 cm³/mol. The fraction of sp³-hybridized carbons (Fsp3) is 0.286. The highest BCUT2D eigenvalue weighted by Gasteiger charge is 2.10. The number of nitrogens with one attached hydrogen (secondary N) is 1. The molecule has 0 fully saturated rings. The third-order valence-corrected chi connectivity index (χ3v) is 3.00. The van der Waals surface area contributed by atoms with Crippen LogP contribution >= 0.6 is 15.9 Å². The van der Waals surface area contributed by atoms with Crippen molar-refractivity contribution in [1.29, 1.82) is 0 Å². The van der Waals surface area contributed by atoms with Crippen LogP contribution < -0.4 is 4.74 Å². The van der Waals surface area contributed by atoms with E-state index in [-0.39, 0.29) is 12.4 Å². The summed E-state index contributed by atoms with van der Waals surface area (Å²) in [6, 6.07) is 9.27. The van der Waals surface area contributed by atoms with Crippen LogP contribution in [0.5, 0.6) is 5.75 Å². The summed E-state index contributed by atoms with van der Waals surface area (Å²) in [4.78, 5) is 11.5. The lowest BCUT2D eigenvalue weighted by molar-refractivity contribution is -0.142. The molecule has 1 N–H and O–H groups in total. The van der Waals surface area contributed by atoms with Gasteiger partial charge in [-0.1, -0.05) is 18.2 Å².